The number of hydrogen-bond donors (Lipinski definition) is 1. The van der Waals surface area contributed by atoms with Crippen LogP contribution in [-0.4, -0.2) is 33.6 Å². The zero-order chi connectivity index (χ0) is 18.1. The highest BCUT2D eigenvalue weighted by atomic mass is 16.1. The molecule has 0 aliphatic carbocycles. The number of aromatic nitrogens is 3. The molecule has 3 heterocycles. The Bertz CT molecular complexity index is 939. The number of carbonyl (C=O) groups excluding carboxylic acids is 1. The second kappa shape index (κ2) is 6.78. The zero-order valence-electron chi connectivity index (χ0n) is 15.2. The van der Waals surface area contributed by atoms with Gasteiger partial charge in [-0.15, -0.1) is 5.10 Å². The van der Waals surface area contributed by atoms with Crippen molar-refractivity contribution >= 4 is 17.4 Å². The van der Waals surface area contributed by atoms with Gasteiger partial charge in [0.05, 0.1) is 17.9 Å². The van der Waals surface area contributed by atoms with Gasteiger partial charge < -0.3 is 10.2 Å². The maximum Gasteiger partial charge on any atom is 0.217 e. The van der Waals surface area contributed by atoms with Crippen molar-refractivity contribution in [3.05, 3.63) is 47.7 Å². The highest BCUT2D eigenvalue weighted by molar-refractivity contribution is 5.74. The third kappa shape index (κ3) is 3.14. The van der Waals surface area contributed by atoms with Gasteiger partial charge in [-0.25, -0.2) is 9.50 Å². The minimum absolute atomic E-state index is 0.0643. The van der Waals surface area contributed by atoms with Crippen LogP contribution in [0.25, 0.3) is 16.9 Å². The van der Waals surface area contributed by atoms with Crippen molar-refractivity contribution in [2.24, 2.45) is 0 Å². The summed E-state index contributed by atoms with van der Waals surface area (Å²) in [5.74, 6) is 0.900. The first kappa shape index (κ1) is 16.6. The van der Waals surface area contributed by atoms with E-state index in [2.05, 4.69) is 41.4 Å². The summed E-state index contributed by atoms with van der Waals surface area (Å²) in [6.45, 7) is 6.07. The number of amides is 1. The van der Waals surface area contributed by atoms with Crippen molar-refractivity contribution < 1.29 is 4.79 Å². The van der Waals surface area contributed by atoms with E-state index in [-0.39, 0.29) is 5.91 Å². The van der Waals surface area contributed by atoms with Crippen LogP contribution in [0.3, 0.4) is 0 Å². The van der Waals surface area contributed by atoms with Crippen LogP contribution in [0.2, 0.25) is 0 Å². The van der Waals surface area contributed by atoms with Crippen molar-refractivity contribution in [3.8, 4) is 11.3 Å². The third-order valence-corrected chi connectivity index (χ3v) is 4.82. The number of nitrogens with one attached hydrogen (secondary N) is 1. The van der Waals surface area contributed by atoms with Crippen LogP contribution in [0.5, 0.6) is 0 Å². The van der Waals surface area contributed by atoms with Crippen LogP contribution < -0.4 is 10.2 Å². The lowest BCUT2D eigenvalue weighted by molar-refractivity contribution is -0.119. The summed E-state index contributed by atoms with van der Waals surface area (Å²) in [6.07, 6.45) is 2.41. The molecular formula is C20H23N5O. The number of fused-ring (bicyclic) bond motifs is 1. The number of anilines is 1. The first-order valence-electron chi connectivity index (χ1n) is 9.07. The molecule has 134 valence electrons. The molecule has 0 unspecified atom stereocenters. The molecule has 1 fully saturated rings. The molecule has 1 aliphatic rings. The molecule has 6 nitrogen and oxygen atoms in total. The average molecular weight is 349 g/mol. The van der Waals surface area contributed by atoms with Crippen molar-refractivity contribution in [3.63, 3.8) is 0 Å². The SMILES string of the molecule is CC(=O)NCc1c(-c2ccc(C)cc2)nc2ccc(N3CCCC3)nn12. The van der Waals surface area contributed by atoms with E-state index in [9.17, 15) is 4.79 Å². The van der Waals surface area contributed by atoms with Crippen LogP contribution in [0, 0.1) is 6.92 Å². The van der Waals surface area contributed by atoms with Gasteiger partial charge in [0.25, 0.3) is 0 Å². The highest BCUT2D eigenvalue weighted by Gasteiger charge is 2.19. The molecule has 0 bridgehead atoms. The largest absolute Gasteiger partial charge is 0.355 e. The summed E-state index contributed by atoms with van der Waals surface area (Å²) in [5, 5.41) is 7.72. The van der Waals surface area contributed by atoms with Gasteiger partial charge in [0.15, 0.2) is 5.65 Å². The van der Waals surface area contributed by atoms with E-state index in [0.717, 1.165) is 41.5 Å². The summed E-state index contributed by atoms with van der Waals surface area (Å²) in [4.78, 5) is 18.6. The number of hydrogen-bond acceptors (Lipinski definition) is 4. The fourth-order valence-corrected chi connectivity index (χ4v) is 3.39. The maximum absolute atomic E-state index is 11.5. The topological polar surface area (TPSA) is 62.5 Å². The minimum atomic E-state index is -0.0643. The van der Waals surface area contributed by atoms with Crippen molar-refractivity contribution in [1.29, 1.82) is 0 Å². The lowest BCUT2D eigenvalue weighted by Crippen LogP contribution is -2.22. The van der Waals surface area contributed by atoms with E-state index in [1.54, 1.807) is 0 Å². The Morgan fingerprint density at radius 1 is 1.12 bits per heavy atom. The summed E-state index contributed by atoms with van der Waals surface area (Å²) >= 11 is 0. The van der Waals surface area contributed by atoms with Crippen LogP contribution in [-0.2, 0) is 11.3 Å². The standard InChI is InChI=1S/C20H23N5O/c1-14-5-7-16(8-6-14)20-17(13-21-15(2)26)25-18(22-20)9-10-19(23-25)24-11-3-4-12-24/h5-10H,3-4,11-13H2,1-2H3,(H,21,26). The molecule has 0 atom stereocenters. The van der Waals surface area contributed by atoms with Crippen LogP contribution >= 0.6 is 0 Å². The fraction of sp³-hybridized carbons (Fsp3) is 0.350. The van der Waals surface area contributed by atoms with Gasteiger partial charge in [0.2, 0.25) is 5.91 Å². The zero-order valence-corrected chi connectivity index (χ0v) is 15.2. The van der Waals surface area contributed by atoms with Gasteiger partial charge in [0.1, 0.15) is 5.82 Å². The van der Waals surface area contributed by atoms with Crippen molar-refractivity contribution in [2.45, 2.75) is 33.2 Å². The fourth-order valence-electron chi connectivity index (χ4n) is 3.39. The van der Waals surface area contributed by atoms with Crippen molar-refractivity contribution in [2.75, 3.05) is 18.0 Å². The predicted octanol–water partition coefficient (Wildman–Crippen LogP) is 2.94. The van der Waals surface area contributed by atoms with Gasteiger partial charge in [-0.05, 0) is 31.9 Å². The molecule has 4 rings (SSSR count). The van der Waals surface area contributed by atoms with E-state index in [0.29, 0.717) is 6.54 Å². The number of carbonyl (C=O) groups is 1. The highest BCUT2D eigenvalue weighted by Crippen LogP contribution is 2.26. The smallest absolute Gasteiger partial charge is 0.217 e. The second-order valence-electron chi connectivity index (χ2n) is 6.84. The molecule has 26 heavy (non-hydrogen) atoms. The Morgan fingerprint density at radius 2 is 1.85 bits per heavy atom. The van der Waals surface area contributed by atoms with Crippen LogP contribution in [0.4, 0.5) is 5.82 Å². The van der Waals surface area contributed by atoms with E-state index in [4.69, 9.17) is 10.1 Å². The van der Waals surface area contributed by atoms with E-state index >= 15 is 0 Å². The predicted molar refractivity (Wildman–Crippen MR) is 102 cm³/mol. The third-order valence-electron chi connectivity index (χ3n) is 4.82. The van der Waals surface area contributed by atoms with E-state index < -0.39 is 0 Å². The summed E-state index contributed by atoms with van der Waals surface area (Å²) in [5.41, 5.74) is 4.80. The molecule has 2 aromatic heterocycles. The number of benzene rings is 1. The normalized spacial score (nSPS) is 14.2. The molecule has 1 amide bonds. The first-order valence-corrected chi connectivity index (χ1v) is 9.07. The molecule has 1 saturated heterocycles. The second-order valence-corrected chi connectivity index (χ2v) is 6.84. The van der Waals surface area contributed by atoms with Gasteiger partial charge in [-0.3, -0.25) is 4.79 Å². The average Bonchev–Trinajstić information content (AvgIpc) is 3.28. The molecule has 1 N–H and O–H groups in total. The van der Waals surface area contributed by atoms with Gasteiger partial charge in [-0.2, -0.15) is 0 Å². The van der Waals surface area contributed by atoms with Crippen LogP contribution in [0.15, 0.2) is 36.4 Å². The van der Waals surface area contributed by atoms with Gasteiger partial charge in [-0.1, -0.05) is 29.8 Å². The molecule has 1 aliphatic heterocycles. The number of rotatable bonds is 4. The Kier molecular flexibility index (Phi) is 4.32. The van der Waals surface area contributed by atoms with Gasteiger partial charge in [0, 0.05) is 25.6 Å². The first-order chi connectivity index (χ1) is 12.6. The minimum Gasteiger partial charge on any atom is -0.355 e. The molecule has 0 spiro atoms. The maximum atomic E-state index is 11.5. The van der Waals surface area contributed by atoms with E-state index in [1.165, 1.54) is 25.3 Å². The summed E-state index contributed by atoms with van der Waals surface area (Å²) < 4.78 is 1.87. The Balaban J connectivity index is 1.82. The Hall–Kier alpha value is -2.89. The molecule has 3 aromatic rings. The van der Waals surface area contributed by atoms with Gasteiger partial charge >= 0.3 is 0 Å². The summed E-state index contributed by atoms with van der Waals surface area (Å²) in [6, 6.07) is 12.3. The molecule has 0 radical (unpaired) electrons. The molecule has 0 saturated carbocycles. The molecule has 1 aromatic carbocycles. The Morgan fingerprint density at radius 3 is 2.54 bits per heavy atom. The van der Waals surface area contributed by atoms with Crippen LogP contribution in [0.1, 0.15) is 31.0 Å². The monoisotopic (exact) mass is 349 g/mol. The quantitative estimate of drug-likeness (QED) is 0.787. The lowest BCUT2D eigenvalue weighted by Gasteiger charge is -2.16. The lowest BCUT2D eigenvalue weighted by atomic mass is 10.1. The number of aryl methyl sites for hydroxylation is 1. The molecule has 6 heteroatoms. The van der Waals surface area contributed by atoms with E-state index in [1.807, 2.05) is 16.6 Å². The molecular weight excluding hydrogens is 326 g/mol. The number of imidazole rings is 1. The van der Waals surface area contributed by atoms with Crippen molar-refractivity contribution in [1.82, 2.24) is 19.9 Å². The summed E-state index contributed by atoms with van der Waals surface area (Å²) in [7, 11) is 0. The number of nitrogens with zero attached hydrogens (tertiary/aromatic N) is 4. The Labute approximate surface area is 152 Å².